The monoisotopic (exact) mass is 541 g/mol. The molecule has 15 heteroatoms. The molecule has 4 aromatic heterocycles. The Kier molecular flexibility index (Phi) is 7.85. The quantitative estimate of drug-likeness (QED) is 0.241. The number of nitrogens with one attached hydrogen (secondary N) is 1. The molecule has 0 radical (unpaired) electrons. The van der Waals surface area contributed by atoms with Gasteiger partial charge >= 0.3 is 11.4 Å². The molecule has 0 aliphatic carbocycles. The number of aliphatic hydroxyl groups is 1. The van der Waals surface area contributed by atoms with Crippen molar-refractivity contribution in [2.75, 3.05) is 6.61 Å². The van der Waals surface area contributed by atoms with Gasteiger partial charge in [-0.1, -0.05) is 0 Å². The van der Waals surface area contributed by atoms with Crippen molar-refractivity contribution in [2.45, 2.75) is 19.4 Å². The van der Waals surface area contributed by atoms with Crippen LogP contribution in [0, 0.1) is 0 Å². The van der Waals surface area contributed by atoms with Gasteiger partial charge in [0.2, 0.25) is 0 Å². The third-order valence-electron chi connectivity index (χ3n) is 4.79. The molecule has 0 saturated carbocycles. The number of hydrogen-bond acceptors (Lipinski definition) is 8. The summed E-state index contributed by atoms with van der Waals surface area (Å²) in [5.41, 5.74) is 4.97. The first-order valence-electron chi connectivity index (χ1n) is 9.90. The van der Waals surface area contributed by atoms with E-state index in [4.69, 9.17) is 10.8 Å². The number of hydrogen-bond donors (Lipinski definition) is 3. The fraction of sp³-hybridized carbons (Fsp3) is 0.474. The largest absolute Gasteiger partial charge is 0.394 e. The smallest absolute Gasteiger partial charge is 0.332 e. The van der Waals surface area contributed by atoms with Crippen molar-refractivity contribution in [3.05, 3.63) is 52.7 Å². The van der Waals surface area contributed by atoms with Crippen molar-refractivity contribution in [2.24, 2.45) is 41.0 Å². The van der Waals surface area contributed by atoms with Crippen LogP contribution in [-0.4, -0.2) is 55.0 Å². The highest BCUT2D eigenvalue weighted by molar-refractivity contribution is 9.10. The molecule has 0 spiro atoms. The molecule has 0 aromatic carbocycles. The van der Waals surface area contributed by atoms with Crippen LogP contribution in [0.15, 0.2) is 30.2 Å². The Hall–Kier alpha value is -3.30. The number of imidazole rings is 2. The van der Waals surface area contributed by atoms with Gasteiger partial charge in [-0.15, -0.1) is 0 Å². The lowest BCUT2D eigenvalue weighted by Crippen LogP contribution is -2.37. The van der Waals surface area contributed by atoms with Gasteiger partial charge < -0.3 is 20.4 Å². The van der Waals surface area contributed by atoms with Crippen LogP contribution < -0.4 is 28.2 Å². The van der Waals surface area contributed by atoms with Gasteiger partial charge in [0.25, 0.3) is 11.1 Å². The van der Waals surface area contributed by atoms with Crippen molar-refractivity contribution < 1.29 is 5.11 Å². The van der Waals surface area contributed by atoms with E-state index in [0.717, 1.165) is 9.13 Å². The van der Waals surface area contributed by atoms with Crippen LogP contribution in [0.25, 0.3) is 22.3 Å². The van der Waals surface area contributed by atoms with Gasteiger partial charge in [0.05, 0.1) is 12.9 Å². The zero-order valence-electron chi connectivity index (χ0n) is 20.0. The minimum absolute atomic E-state index is 0.0486. The minimum Gasteiger partial charge on any atom is -0.394 e. The van der Waals surface area contributed by atoms with Crippen LogP contribution in [-0.2, 0) is 35.2 Å². The molecule has 0 bridgehead atoms. The molecule has 4 N–H and O–H groups in total. The number of aliphatic hydroxyl groups excluding tert-OH is 1. The van der Waals surface area contributed by atoms with E-state index in [0.29, 0.717) is 27.1 Å². The standard InChI is InChI=1S/C8H10N4O2.C7H7BrN4O2.C4H11NO/c1-10-4-9-6-5(10)7(13)12(3)8(14)11(6)2;1-11-4-3(9-6(8)10-4)5(13)12(2)7(11)14;1-4(2,5)3-6/h4H,1-3H3;1-2H3,(H,9,10);6H,3,5H2,1-2H3. The summed E-state index contributed by atoms with van der Waals surface area (Å²) in [5.74, 6) is 0. The Morgan fingerprint density at radius 1 is 0.941 bits per heavy atom. The van der Waals surface area contributed by atoms with Gasteiger partial charge in [-0.2, -0.15) is 0 Å². The van der Waals surface area contributed by atoms with E-state index < -0.39 is 5.54 Å². The van der Waals surface area contributed by atoms with Crippen LogP contribution >= 0.6 is 15.9 Å². The molecule has 4 aromatic rings. The zero-order valence-corrected chi connectivity index (χ0v) is 21.5. The molecule has 0 saturated heterocycles. The maximum atomic E-state index is 11.7. The Labute approximate surface area is 201 Å². The van der Waals surface area contributed by atoms with Crippen molar-refractivity contribution in [3.63, 3.8) is 0 Å². The van der Waals surface area contributed by atoms with E-state index in [2.05, 4.69) is 30.9 Å². The summed E-state index contributed by atoms with van der Waals surface area (Å²) in [5, 5.41) is 8.28. The maximum Gasteiger partial charge on any atom is 0.332 e. The average Bonchev–Trinajstić information content (AvgIpc) is 3.36. The number of rotatable bonds is 1. The molecule has 4 heterocycles. The number of fused-ring (bicyclic) bond motifs is 2. The normalized spacial score (nSPS) is 11.2. The Morgan fingerprint density at radius 2 is 1.41 bits per heavy atom. The van der Waals surface area contributed by atoms with Gasteiger partial charge in [-0.3, -0.25) is 27.9 Å². The van der Waals surface area contributed by atoms with Crippen LogP contribution in [0.5, 0.6) is 0 Å². The first-order chi connectivity index (χ1) is 15.6. The number of nitrogens with zero attached hydrogens (tertiary/aromatic N) is 7. The SMILES string of the molecule is CC(C)(N)CO.Cn1c(=O)c2[nH]c(Br)nc2n(C)c1=O.Cn1c(=O)c2c(ncn2C)n(C)c1=O. The van der Waals surface area contributed by atoms with Crippen LogP contribution in [0.2, 0.25) is 0 Å². The topological polar surface area (TPSA) is 181 Å². The van der Waals surface area contributed by atoms with Gasteiger partial charge in [-0.05, 0) is 29.8 Å². The molecule has 0 amide bonds. The molecule has 0 unspecified atom stereocenters. The number of nitrogens with two attached hydrogens (primary N) is 1. The molecule has 186 valence electrons. The number of halogens is 1. The van der Waals surface area contributed by atoms with E-state index in [9.17, 15) is 19.2 Å². The summed E-state index contributed by atoms with van der Waals surface area (Å²) in [7, 11) is 7.77. The highest BCUT2D eigenvalue weighted by atomic mass is 79.9. The third-order valence-corrected chi connectivity index (χ3v) is 5.17. The van der Waals surface area contributed by atoms with Crippen LogP contribution in [0.4, 0.5) is 0 Å². The molecule has 0 atom stereocenters. The highest BCUT2D eigenvalue weighted by Gasteiger charge is 2.12. The summed E-state index contributed by atoms with van der Waals surface area (Å²) in [6.07, 6.45) is 1.52. The fourth-order valence-electron chi connectivity index (χ4n) is 2.77. The molecule has 0 aliphatic rings. The van der Waals surface area contributed by atoms with Gasteiger partial charge in [0.1, 0.15) is 0 Å². The van der Waals surface area contributed by atoms with E-state index >= 15 is 0 Å². The maximum absolute atomic E-state index is 11.7. The second kappa shape index (κ2) is 9.90. The molecule has 0 fully saturated rings. The first-order valence-corrected chi connectivity index (χ1v) is 10.7. The van der Waals surface area contributed by atoms with Crippen LogP contribution in [0.1, 0.15) is 13.8 Å². The third kappa shape index (κ3) is 5.26. The summed E-state index contributed by atoms with van der Waals surface area (Å²) in [6.45, 7) is 3.59. The summed E-state index contributed by atoms with van der Waals surface area (Å²) in [6, 6.07) is 0. The Morgan fingerprint density at radius 3 is 1.91 bits per heavy atom. The van der Waals surface area contributed by atoms with E-state index in [1.54, 1.807) is 39.6 Å². The number of aromatic amines is 1. The second-order valence-corrected chi connectivity index (χ2v) is 9.06. The van der Waals surface area contributed by atoms with Gasteiger partial charge in [0, 0.05) is 40.8 Å². The van der Waals surface area contributed by atoms with E-state index in [1.165, 1.54) is 29.6 Å². The molecule has 0 aliphatic heterocycles. The molecular weight excluding hydrogens is 514 g/mol. The lowest BCUT2D eigenvalue weighted by molar-refractivity contribution is 0.221. The van der Waals surface area contributed by atoms with Crippen molar-refractivity contribution in [3.8, 4) is 0 Å². The Balaban J connectivity index is 0.000000196. The highest BCUT2D eigenvalue weighted by Crippen LogP contribution is 2.08. The summed E-state index contributed by atoms with van der Waals surface area (Å²) < 4.78 is 6.83. The lowest BCUT2D eigenvalue weighted by atomic mass is 10.1. The fourth-order valence-corrected chi connectivity index (χ4v) is 3.14. The average molecular weight is 542 g/mol. The molecule has 14 nitrogen and oxygen atoms in total. The number of aryl methyl sites for hydroxylation is 3. The zero-order chi connectivity index (χ0) is 26.1. The predicted molar refractivity (Wildman–Crippen MR) is 131 cm³/mol. The van der Waals surface area contributed by atoms with Crippen LogP contribution in [0.3, 0.4) is 0 Å². The lowest BCUT2D eigenvalue weighted by Gasteiger charge is -2.12. The minimum atomic E-state index is -0.403. The van der Waals surface area contributed by atoms with Crippen molar-refractivity contribution >= 4 is 38.3 Å². The number of H-pyrrole nitrogens is 1. The molecule has 34 heavy (non-hydrogen) atoms. The summed E-state index contributed by atoms with van der Waals surface area (Å²) >= 11 is 3.11. The van der Waals surface area contributed by atoms with Gasteiger partial charge in [0.15, 0.2) is 27.1 Å². The van der Waals surface area contributed by atoms with Crippen molar-refractivity contribution in [1.29, 1.82) is 0 Å². The first kappa shape index (κ1) is 26.9. The number of aromatic nitrogens is 8. The summed E-state index contributed by atoms with van der Waals surface area (Å²) in [4.78, 5) is 56.9. The van der Waals surface area contributed by atoms with Crippen molar-refractivity contribution in [1.82, 2.24) is 37.8 Å². The Bertz CT molecular complexity index is 1560. The van der Waals surface area contributed by atoms with E-state index in [1.807, 2.05) is 0 Å². The van der Waals surface area contributed by atoms with Gasteiger partial charge in [-0.25, -0.2) is 19.6 Å². The van der Waals surface area contributed by atoms with E-state index in [-0.39, 0.29) is 29.1 Å². The predicted octanol–water partition coefficient (Wildman–Crippen LogP) is -1.59. The molecular formula is C19H28BrN9O5. The second-order valence-electron chi connectivity index (χ2n) is 8.31. The molecule has 4 rings (SSSR count).